The van der Waals surface area contributed by atoms with Crippen molar-refractivity contribution in [3.8, 4) is 6.07 Å². The van der Waals surface area contributed by atoms with E-state index >= 15 is 0 Å². The summed E-state index contributed by atoms with van der Waals surface area (Å²) in [7, 11) is 0. The molecule has 1 unspecified atom stereocenters. The first-order valence-corrected chi connectivity index (χ1v) is 13.7. The van der Waals surface area contributed by atoms with E-state index in [2.05, 4.69) is 6.07 Å². The second kappa shape index (κ2) is 10.4. The number of benzene rings is 1. The molecular formula is C28H28N4O5S. The molecule has 2 heterocycles. The van der Waals surface area contributed by atoms with Crippen molar-refractivity contribution in [2.75, 3.05) is 11.5 Å². The van der Waals surface area contributed by atoms with Crippen LogP contribution in [0.2, 0.25) is 0 Å². The Hall–Kier alpha value is -3.97. The third kappa shape index (κ3) is 4.27. The minimum absolute atomic E-state index is 0.121. The van der Waals surface area contributed by atoms with E-state index in [1.54, 1.807) is 24.0 Å². The Morgan fingerprint density at radius 2 is 2.03 bits per heavy atom. The minimum Gasteiger partial charge on any atom is -0.462 e. The number of ketones is 1. The summed E-state index contributed by atoms with van der Waals surface area (Å²) in [5.41, 5.74) is 9.71. The molecule has 0 saturated carbocycles. The average molecular weight is 533 g/mol. The van der Waals surface area contributed by atoms with E-state index in [4.69, 9.17) is 10.5 Å². The minimum atomic E-state index is -0.817. The summed E-state index contributed by atoms with van der Waals surface area (Å²) >= 11 is 1.48. The van der Waals surface area contributed by atoms with Crippen molar-refractivity contribution in [2.24, 2.45) is 5.73 Å². The van der Waals surface area contributed by atoms with E-state index in [0.29, 0.717) is 46.7 Å². The van der Waals surface area contributed by atoms with Gasteiger partial charge in [-0.3, -0.25) is 19.8 Å². The topological polar surface area (TPSA) is 140 Å². The van der Waals surface area contributed by atoms with Gasteiger partial charge in [0.1, 0.15) is 10.8 Å². The zero-order valence-corrected chi connectivity index (χ0v) is 21.9. The highest BCUT2D eigenvalue weighted by molar-refractivity contribution is 7.16. The molecule has 0 fully saturated rings. The highest BCUT2D eigenvalue weighted by Gasteiger charge is 2.43. The van der Waals surface area contributed by atoms with Crippen molar-refractivity contribution in [3.05, 3.63) is 78.6 Å². The lowest BCUT2D eigenvalue weighted by Crippen LogP contribution is -2.39. The van der Waals surface area contributed by atoms with Crippen molar-refractivity contribution in [3.63, 3.8) is 0 Å². The molecule has 0 spiro atoms. The zero-order valence-electron chi connectivity index (χ0n) is 21.1. The van der Waals surface area contributed by atoms with Gasteiger partial charge in [-0.1, -0.05) is 18.6 Å². The number of nitro groups is 1. The molecule has 2 aromatic rings. The maximum Gasteiger partial charge on any atom is 0.341 e. The number of rotatable bonds is 5. The highest BCUT2D eigenvalue weighted by Crippen LogP contribution is 2.50. The third-order valence-electron chi connectivity index (χ3n) is 7.41. The van der Waals surface area contributed by atoms with Gasteiger partial charge in [-0.2, -0.15) is 5.26 Å². The van der Waals surface area contributed by atoms with Crippen LogP contribution in [0, 0.1) is 21.4 Å². The predicted octanol–water partition coefficient (Wildman–Crippen LogP) is 5.41. The lowest BCUT2D eigenvalue weighted by molar-refractivity contribution is -0.384. The first-order valence-electron chi connectivity index (χ1n) is 12.9. The molecular weight excluding hydrogens is 504 g/mol. The quantitative estimate of drug-likeness (QED) is 0.233. The zero-order chi connectivity index (χ0) is 27.0. The van der Waals surface area contributed by atoms with Crippen LogP contribution >= 0.6 is 11.3 Å². The van der Waals surface area contributed by atoms with E-state index in [-0.39, 0.29) is 29.5 Å². The number of thiophene rings is 1. The molecule has 1 atom stereocenters. The summed E-state index contributed by atoms with van der Waals surface area (Å²) in [5, 5.41) is 22.4. The van der Waals surface area contributed by atoms with E-state index in [1.165, 1.54) is 23.5 Å². The average Bonchev–Trinajstić information content (AvgIpc) is 3.09. The molecule has 3 aliphatic rings. The summed E-state index contributed by atoms with van der Waals surface area (Å²) in [6.45, 7) is 1.98. The molecule has 1 aromatic heterocycles. The summed E-state index contributed by atoms with van der Waals surface area (Å²) in [6.07, 6.45) is 6.10. The molecule has 10 heteroatoms. The van der Waals surface area contributed by atoms with Crippen LogP contribution in [0.1, 0.15) is 77.7 Å². The molecule has 0 amide bonds. The van der Waals surface area contributed by atoms with Crippen LogP contribution in [0.25, 0.3) is 0 Å². The van der Waals surface area contributed by atoms with Gasteiger partial charge in [0.15, 0.2) is 5.78 Å². The lowest BCUT2D eigenvalue weighted by atomic mass is 9.75. The summed E-state index contributed by atoms with van der Waals surface area (Å²) in [5.74, 6) is -1.23. The first kappa shape index (κ1) is 25.7. The van der Waals surface area contributed by atoms with Gasteiger partial charge in [-0.15, -0.1) is 11.3 Å². The SMILES string of the molecule is CCOC(=O)c1c(N2C(N)=C(C#N)C(c3cccc([N+](=O)[O-])c3)C3=C2CCCC3=O)sc2c1CCCCC2. The van der Waals surface area contributed by atoms with Crippen molar-refractivity contribution in [1.82, 2.24) is 0 Å². The van der Waals surface area contributed by atoms with E-state index in [0.717, 1.165) is 42.5 Å². The van der Waals surface area contributed by atoms with Crippen molar-refractivity contribution < 1.29 is 19.2 Å². The maximum absolute atomic E-state index is 13.5. The number of Topliss-reactive ketones (excluding diaryl/α,β-unsaturated/α-hetero) is 1. The standard InChI is InChI=1S/C28H28N4O5S/c1-2-37-28(34)24-18-10-4-3-5-13-22(18)38-27(24)31-20-11-7-12-21(33)25(20)23(19(15-29)26(31)30)16-8-6-9-17(14-16)32(35)36/h6,8-9,14,23H,2-5,7,10-13,30H2,1H3. The van der Waals surface area contributed by atoms with Crippen LogP contribution < -0.4 is 10.6 Å². The number of non-ortho nitro benzene ring substituents is 1. The molecule has 196 valence electrons. The van der Waals surface area contributed by atoms with Gasteiger partial charge in [0, 0.05) is 34.7 Å². The molecule has 38 heavy (non-hydrogen) atoms. The summed E-state index contributed by atoms with van der Waals surface area (Å²) < 4.78 is 5.47. The fourth-order valence-electron chi connectivity index (χ4n) is 5.77. The number of nitrogens with two attached hydrogens (primary N) is 1. The van der Waals surface area contributed by atoms with Gasteiger partial charge >= 0.3 is 5.97 Å². The van der Waals surface area contributed by atoms with Gasteiger partial charge in [0.2, 0.25) is 0 Å². The number of hydrogen-bond acceptors (Lipinski definition) is 9. The molecule has 2 N–H and O–H groups in total. The largest absolute Gasteiger partial charge is 0.462 e. The van der Waals surface area contributed by atoms with Gasteiger partial charge < -0.3 is 10.5 Å². The Bertz CT molecular complexity index is 1450. The number of ether oxygens (including phenoxy) is 1. The Morgan fingerprint density at radius 1 is 1.24 bits per heavy atom. The first-order chi connectivity index (χ1) is 18.4. The van der Waals surface area contributed by atoms with Gasteiger partial charge in [0.05, 0.1) is 34.7 Å². The molecule has 0 bridgehead atoms. The molecule has 1 aliphatic heterocycles. The number of esters is 1. The molecule has 0 radical (unpaired) electrons. The van der Waals surface area contributed by atoms with Crippen LogP contribution in [0.15, 0.2) is 46.9 Å². The van der Waals surface area contributed by atoms with Crippen molar-refractivity contribution in [1.29, 1.82) is 5.26 Å². The smallest absolute Gasteiger partial charge is 0.341 e. The molecule has 0 saturated heterocycles. The normalized spacial score (nSPS) is 19.4. The number of anilines is 1. The maximum atomic E-state index is 13.5. The number of fused-ring (bicyclic) bond motifs is 1. The Labute approximate surface area is 224 Å². The van der Waals surface area contributed by atoms with Gasteiger partial charge in [0.25, 0.3) is 5.69 Å². The van der Waals surface area contributed by atoms with Crippen LogP contribution in [-0.2, 0) is 22.4 Å². The fraction of sp³-hybridized carbons (Fsp3) is 0.393. The third-order valence-corrected chi connectivity index (χ3v) is 8.69. The van der Waals surface area contributed by atoms with Gasteiger partial charge in [-0.05, 0) is 56.6 Å². The molecule has 2 aliphatic carbocycles. The predicted molar refractivity (Wildman–Crippen MR) is 143 cm³/mol. The Balaban J connectivity index is 1.76. The number of nitriles is 1. The Kier molecular flexibility index (Phi) is 7.04. The number of nitrogens with zero attached hydrogens (tertiary/aromatic N) is 3. The number of aryl methyl sites for hydroxylation is 1. The van der Waals surface area contributed by atoms with Crippen LogP contribution in [0.5, 0.6) is 0 Å². The van der Waals surface area contributed by atoms with Crippen LogP contribution in [0.3, 0.4) is 0 Å². The number of nitro benzene ring substituents is 1. The van der Waals surface area contributed by atoms with Crippen LogP contribution in [0.4, 0.5) is 10.7 Å². The Morgan fingerprint density at radius 3 is 2.76 bits per heavy atom. The van der Waals surface area contributed by atoms with Crippen molar-refractivity contribution in [2.45, 2.75) is 64.2 Å². The molecule has 1 aromatic carbocycles. The van der Waals surface area contributed by atoms with E-state index in [9.17, 15) is 25.0 Å². The second-order valence-electron chi connectivity index (χ2n) is 9.63. The van der Waals surface area contributed by atoms with E-state index < -0.39 is 16.8 Å². The van der Waals surface area contributed by atoms with Crippen molar-refractivity contribution >= 4 is 33.8 Å². The number of allylic oxidation sites excluding steroid dienone is 3. The van der Waals surface area contributed by atoms with E-state index in [1.807, 2.05) is 0 Å². The van der Waals surface area contributed by atoms with Crippen LogP contribution in [-0.4, -0.2) is 23.3 Å². The monoisotopic (exact) mass is 532 g/mol. The summed E-state index contributed by atoms with van der Waals surface area (Å²) in [6, 6.07) is 8.20. The summed E-state index contributed by atoms with van der Waals surface area (Å²) in [4.78, 5) is 40.6. The number of hydrogen-bond donors (Lipinski definition) is 1. The number of carbonyl (C=O) groups is 2. The lowest BCUT2D eigenvalue weighted by Gasteiger charge is -2.39. The second-order valence-corrected chi connectivity index (χ2v) is 10.7. The molecule has 9 nitrogen and oxygen atoms in total. The van der Waals surface area contributed by atoms with Gasteiger partial charge in [-0.25, -0.2) is 4.79 Å². The molecule has 5 rings (SSSR count). The fourth-order valence-corrected chi connectivity index (χ4v) is 7.18. The number of carbonyl (C=O) groups excluding carboxylic acids is 2. The highest BCUT2D eigenvalue weighted by atomic mass is 32.1.